The Morgan fingerprint density at radius 1 is 1.35 bits per heavy atom. The van der Waals surface area contributed by atoms with Crippen LogP contribution >= 0.6 is 24.0 Å². The number of thioether (sulfide) groups is 1. The highest BCUT2D eigenvalue weighted by Crippen LogP contribution is 2.32. The van der Waals surface area contributed by atoms with Crippen molar-refractivity contribution >= 4 is 46.3 Å². The standard InChI is InChI=1S/C16H17NO4S2/c1-3-21-12-6-4-11(5-7-12)10-13-15(19)17(16(22)23-13)9-8-14(18)20-2/h4-7,10H,3,8-9H2,1-2H3/b13-10-. The van der Waals surface area contributed by atoms with E-state index in [2.05, 4.69) is 4.74 Å². The average Bonchev–Trinajstić information content (AvgIpc) is 2.81. The van der Waals surface area contributed by atoms with Gasteiger partial charge in [-0.05, 0) is 30.7 Å². The molecule has 23 heavy (non-hydrogen) atoms. The minimum atomic E-state index is -0.366. The van der Waals surface area contributed by atoms with Crippen LogP contribution in [0.3, 0.4) is 0 Å². The number of rotatable bonds is 6. The van der Waals surface area contributed by atoms with Crippen molar-refractivity contribution in [2.75, 3.05) is 20.3 Å². The molecule has 1 aromatic rings. The number of methoxy groups -OCH3 is 1. The van der Waals surface area contributed by atoms with Crippen LogP contribution in [0.2, 0.25) is 0 Å². The monoisotopic (exact) mass is 351 g/mol. The average molecular weight is 351 g/mol. The first-order valence-corrected chi connectivity index (χ1v) is 8.32. The van der Waals surface area contributed by atoms with Gasteiger partial charge in [0.2, 0.25) is 0 Å². The number of nitrogens with zero attached hydrogens (tertiary/aromatic N) is 1. The largest absolute Gasteiger partial charge is 0.494 e. The molecule has 1 heterocycles. The maximum atomic E-state index is 12.4. The van der Waals surface area contributed by atoms with Crippen LogP contribution in [0.15, 0.2) is 29.2 Å². The minimum absolute atomic E-state index is 0.124. The Kier molecular flexibility index (Phi) is 6.18. The zero-order valence-electron chi connectivity index (χ0n) is 12.9. The van der Waals surface area contributed by atoms with Crippen molar-refractivity contribution in [2.45, 2.75) is 13.3 Å². The van der Waals surface area contributed by atoms with Crippen LogP contribution in [0.5, 0.6) is 5.75 Å². The Bertz CT molecular complexity index is 640. The van der Waals surface area contributed by atoms with Crippen molar-refractivity contribution in [3.63, 3.8) is 0 Å². The normalized spacial score (nSPS) is 16.1. The maximum Gasteiger partial charge on any atom is 0.307 e. The van der Waals surface area contributed by atoms with Gasteiger partial charge in [-0.3, -0.25) is 14.5 Å². The molecule has 1 aliphatic heterocycles. The lowest BCUT2D eigenvalue weighted by atomic mass is 10.2. The molecule has 7 heteroatoms. The fraction of sp³-hybridized carbons (Fsp3) is 0.312. The third kappa shape index (κ3) is 4.56. The maximum absolute atomic E-state index is 12.4. The summed E-state index contributed by atoms with van der Waals surface area (Å²) in [5, 5.41) is 0. The SMILES string of the molecule is CCOc1ccc(/C=C2\SC(=S)N(CCC(=O)OC)C2=O)cc1. The fourth-order valence-electron chi connectivity index (χ4n) is 1.98. The van der Waals surface area contributed by atoms with E-state index in [1.54, 1.807) is 6.08 Å². The van der Waals surface area contributed by atoms with E-state index in [1.165, 1.54) is 23.8 Å². The summed E-state index contributed by atoms with van der Waals surface area (Å²) in [4.78, 5) is 25.5. The summed E-state index contributed by atoms with van der Waals surface area (Å²) in [6.45, 7) is 2.77. The number of esters is 1. The number of hydrogen-bond acceptors (Lipinski definition) is 6. The van der Waals surface area contributed by atoms with Crippen LogP contribution < -0.4 is 4.74 Å². The van der Waals surface area contributed by atoms with Crippen molar-refractivity contribution in [1.29, 1.82) is 0 Å². The molecule has 0 aromatic heterocycles. The van der Waals surface area contributed by atoms with Crippen molar-refractivity contribution < 1.29 is 19.1 Å². The fourth-order valence-corrected chi connectivity index (χ4v) is 3.28. The van der Waals surface area contributed by atoms with E-state index < -0.39 is 0 Å². The summed E-state index contributed by atoms with van der Waals surface area (Å²) in [7, 11) is 1.32. The van der Waals surface area contributed by atoms with Crippen molar-refractivity contribution in [3.05, 3.63) is 34.7 Å². The molecule has 122 valence electrons. The van der Waals surface area contributed by atoms with Crippen molar-refractivity contribution in [2.24, 2.45) is 0 Å². The van der Waals surface area contributed by atoms with Crippen molar-refractivity contribution in [3.8, 4) is 5.75 Å². The summed E-state index contributed by atoms with van der Waals surface area (Å²) < 4.78 is 10.4. The zero-order chi connectivity index (χ0) is 16.8. The van der Waals surface area contributed by atoms with E-state index >= 15 is 0 Å². The molecular weight excluding hydrogens is 334 g/mol. The van der Waals surface area contributed by atoms with Crippen LogP contribution in [0, 0.1) is 0 Å². The number of thiocarbonyl (C=S) groups is 1. The van der Waals surface area contributed by atoms with E-state index in [0.717, 1.165) is 11.3 Å². The summed E-state index contributed by atoms with van der Waals surface area (Å²) in [5.74, 6) is 0.239. The van der Waals surface area contributed by atoms with E-state index in [-0.39, 0.29) is 24.8 Å². The van der Waals surface area contributed by atoms with Gasteiger partial charge in [0.05, 0.1) is 25.0 Å². The minimum Gasteiger partial charge on any atom is -0.494 e. The van der Waals surface area contributed by atoms with Gasteiger partial charge < -0.3 is 9.47 Å². The molecule has 0 spiro atoms. The summed E-state index contributed by atoms with van der Waals surface area (Å²) in [6, 6.07) is 7.47. The van der Waals surface area contributed by atoms with Gasteiger partial charge in [0, 0.05) is 6.54 Å². The topological polar surface area (TPSA) is 55.8 Å². The Labute approximate surface area is 144 Å². The molecule has 1 fully saturated rings. The van der Waals surface area contributed by atoms with Gasteiger partial charge in [0.25, 0.3) is 5.91 Å². The highest BCUT2D eigenvalue weighted by molar-refractivity contribution is 8.26. The first-order valence-electron chi connectivity index (χ1n) is 7.10. The van der Waals surface area contributed by atoms with Gasteiger partial charge in [-0.25, -0.2) is 0 Å². The molecule has 0 unspecified atom stereocenters. The molecule has 0 aliphatic carbocycles. The number of benzene rings is 1. The van der Waals surface area contributed by atoms with Gasteiger partial charge >= 0.3 is 5.97 Å². The van der Waals surface area contributed by atoms with Crippen LogP contribution in [0.25, 0.3) is 6.08 Å². The lowest BCUT2D eigenvalue weighted by molar-refractivity contribution is -0.140. The molecular formula is C16H17NO4S2. The van der Waals surface area contributed by atoms with Crippen LogP contribution in [0.1, 0.15) is 18.9 Å². The summed E-state index contributed by atoms with van der Waals surface area (Å²) >= 11 is 6.45. The quantitative estimate of drug-likeness (QED) is 0.446. The summed E-state index contributed by atoms with van der Waals surface area (Å²) in [5.41, 5.74) is 0.891. The predicted molar refractivity (Wildman–Crippen MR) is 94.1 cm³/mol. The molecule has 0 bridgehead atoms. The van der Waals surface area contributed by atoms with Crippen LogP contribution in [-0.4, -0.2) is 41.4 Å². The molecule has 1 aromatic carbocycles. The summed E-state index contributed by atoms with van der Waals surface area (Å²) in [6.07, 6.45) is 1.91. The second kappa shape index (κ2) is 8.12. The zero-order valence-corrected chi connectivity index (χ0v) is 14.5. The molecule has 2 rings (SSSR count). The Balaban J connectivity index is 2.07. The first-order chi connectivity index (χ1) is 11.0. The molecule has 0 saturated carbocycles. The Morgan fingerprint density at radius 3 is 2.65 bits per heavy atom. The third-order valence-electron chi connectivity index (χ3n) is 3.13. The van der Waals surface area contributed by atoms with Gasteiger partial charge in [-0.2, -0.15) is 0 Å². The molecule has 1 amide bonds. The number of amides is 1. The smallest absolute Gasteiger partial charge is 0.307 e. The lowest BCUT2D eigenvalue weighted by Gasteiger charge is -2.12. The third-order valence-corrected chi connectivity index (χ3v) is 4.51. The van der Waals surface area contributed by atoms with Crippen LogP contribution in [-0.2, 0) is 14.3 Å². The molecule has 0 radical (unpaired) electrons. The number of ether oxygens (including phenoxy) is 2. The van der Waals surface area contributed by atoms with E-state index in [1.807, 2.05) is 31.2 Å². The van der Waals surface area contributed by atoms with Crippen molar-refractivity contribution in [1.82, 2.24) is 4.90 Å². The highest BCUT2D eigenvalue weighted by atomic mass is 32.2. The van der Waals surface area contributed by atoms with E-state index in [0.29, 0.717) is 15.8 Å². The van der Waals surface area contributed by atoms with Gasteiger partial charge in [-0.1, -0.05) is 36.1 Å². The second-order valence-corrected chi connectivity index (χ2v) is 6.34. The molecule has 0 N–H and O–H groups in total. The molecule has 0 atom stereocenters. The Morgan fingerprint density at radius 2 is 2.04 bits per heavy atom. The van der Waals surface area contributed by atoms with Gasteiger partial charge in [0.1, 0.15) is 10.1 Å². The highest BCUT2D eigenvalue weighted by Gasteiger charge is 2.32. The van der Waals surface area contributed by atoms with E-state index in [9.17, 15) is 9.59 Å². The van der Waals surface area contributed by atoms with Gasteiger partial charge in [-0.15, -0.1) is 0 Å². The number of hydrogen-bond donors (Lipinski definition) is 0. The van der Waals surface area contributed by atoms with E-state index in [4.69, 9.17) is 17.0 Å². The predicted octanol–water partition coefficient (Wildman–Crippen LogP) is 2.85. The Hall–Kier alpha value is -1.86. The van der Waals surface area contributed by atoms with Gasteiger partial charge in [0.15, 0.2) is 0 Å². The van der Waals surface area contributed by atoms with Crippen LogP contribution in [0.4, 0.5) is 0 Å². The molecule has 5 nitrogen and oxygen atoms in total. The molecule has 1 saturated heterocycles. The second-order valence-electron chi connectivity index (χ2n) is 4.66. The number of carbonyl (C=O) groups is 2. The first kappa shape index (κ1) is 17.5. The lowest BCUT2D eigenvalue weighted by Crippen LogP contribution is -2.30. The number of carbonyl (C=O) groups excluding carboxylic acids is 2. The molecule has 1 aliphatic rings.